The van der Waals surface area contributed by atoms with Gasteiger partial charge in [-0.2, -0.15) is 0 Å². The van der Waals surface area contributed by atoms with E-state index in [0.717, 1.165) is 50.2 Å². The van der Waals surface area contributed by atoms with Crippen LogP contribution < -0.4 is 5.32 Å². The summed E-state index contributed by atoms with van der Waals surface area (Å²) in [6, 6.07) is 10.4. The zero-order valence-electron chi connectivity index (χ0n) is 25.7. The van der Waals surface area contributed by atoms with Crippen LogP contribution in [0.15, 0.2) is 42.0 Å². The summed E-state index contributed by atoms with van der Waals surface area (Å²) in [5.41, 5.74) is 4.58. The normalized spacial score (nSPS) is 26.4. The van der Waals surface area contributed by atoms with E-state index < -0.39 is 23.7 Å². The molecule has 1 N–H and O–H groups in total. The molecule has 4 saturated heterocycles. The topological polar surface area (TPSA) is 90.0 Å². The molecule has 2 aromatic rings. The standard InChI is InChI=1S/C35H38ClFN4O4/c1-35(2)14-13-21(27(15-35)20-3-5-22(36)6-4-20)16-39-17-24-8-7-23(39)18-40(24)34(45)26-10-9-25-28(31(26)37)19-41(33(25)44)29-11-12-30(42)38-32(29)43/h3-6,9-10,23-24,29H,7-8,11-19H2,1-2H3,(H,38,42,43). The summed E-state index contributed by atoms with van der Waals surface area (Å²) in [6.45, 7) is 6.69. The van der Waals surface area contributed by atoms with E-state index in [-0.39, 0.29) is 65.4 Å². The molecule has 236 valence electrons. The third-order valence-corrected chi connectivity index (χ3v) is 10.8. The largest absolute Gasteiger partial charge is 0.333 e. The highest BCUT2D eigenvalue weighted by Crippen LogP contribution is 2.44. The monoisotopic (exact) mass is 632 g/mol. The van der Waals surface area contributed by atoms with Gasteiger partial charge in [0.2, 0.25) is 11.8 Å². The number of allylic oxidation sites excluding steroid dienone is 1. The predicted molar refractivity (Wildman–Crippen MR) is 168 cm³/mol. The number of halogens is 2. The van der Waals surface area contributed by atoms with Crippen molar-refractivity contribution in [1.29, 1.82) is 0 Å². The van der Waals surface area contributed by atoms with Crippen LogP contribution in [0.5, 0.6) is 0 Å². The molecule has 45 heavy (non-hydrogen) atoms. The lowest BCUT2D eigenvalue weighted by atomic mass is 9.72. The van der Waals surface area contributed by atoms with Crippen LogP contribution in [-0.2, 0) is 16.1 Å². The molecular weight excluding hydrogens is 595 g/mol. The van der Waals surface area contributed by atoms with Crippen LogP contribution in [0, 0.1) is 11.2 Å². The highest BCUT2D eigenvalue weighted by Gasteiger charge is 2.44. The minimum atomic E-state index is -0.837. The first kappa shape index (κ1) is 30.1. The first-order chi connectivity index (χ1) is 21.5. The highest BCUT2D eigenvalue weighted by molar-refractivity contribution is 6.30. The molecule has 5 aliphatic heterocycles. The lowest BCUT2D eigenvalue weighted by Gasteiger charge is -2.52. The highest BCUT2D eigenvalue weighted by atomic mass is 35.5. The number of nitrogens with one attached hydrogen (secondary N) is 1. The average Bonchev–Trinajstić information content (AvgIpc) is 3.35. The quantitative estimate of drug-likeness (QED) is 0.458. The van der Waals surface area contributed by atoms with Gasteiger partial charge in [0.25, 0.3) is 11.8 Å². The van der Waals surface area contributed by atoms with Gasteiger partial charge in [-0.05, 0) is 79.3 Å². The van der Waals surface area contributed by atoms with E-state index in [2.05, 4.69) is 36.2 Å². The van der Waals surface area contributed by atoms with Gasteiger partial charge in [-0.25, -0.2) is 4.39 Å². The van der Waals surface area contributed by atoms with Crippen LogP contribution in [0.2, 0.25) is 5.02 Å². The molecule has 8 rings (SSSR count). The lowest BCUT2D eigenvalue weighted by Crippen LogP contribution is -2.64. The summed E-state index contributed by atoms with van der Waals surface area (Å²) in [5.74, 6) is -2.43. The van der Waals surface area contributed by atoms with Gasteiger partial charge in [0.1, 0.15) is 11.9 Å². The van der Waals surface area contributed by atoms with Gasteiger partial charge in [0, 0.05) is 54.3 Å². The van der Waals surface area contributed by atoms with Crippen molar-refractivity contribution in [1.82, 2.24) is 20.0 Å². The molecule has 0 spiro atoms. The van der Waals surface area contributed by atoms with Crippen LogP contribution in [0.25, 0.3) is 5.57 Å². The second-order valence-electron chi connectivity index (χ2n) is 14.1. The van der Waals surface area contributed by atoms with Crippen molar-refractivity contribution in [3.63, 3.8) is 0 Å². The minimum absolute atomic E-state index is 0.0172. The first-order valence-electron chi connectivity index (χ1n) is 16.0. The number of fused-ring (bicyclic) bond motifs is 4. The number of rotatable bonds is 5. The average molecular weight is 633 g/mol. The number of hydrogen-bond donors (Lipinski definition) is 1. The van der Waals surface area contributed by atoms with Crippen molar-refractivity contribution in [2.75, 3.05) is 19.6 Å². The first-order valence-corrected chi connectivity index (χ1v) is 16.3. The zero-order chi connectivity index (χ0) is 31.6. The minimum Gasteiger partial charge on any atom is -0.333 e. The van der Waals surface area contributed by atoms with Crippen LogP contribution in [0.3, 0.4) is 0 Å². The molecular formula is C35H38ClFN4O4. The Kier molecular flexibility index (Phi) is 7.60. The van der Waals surface area contributed by atoms with E-state index in [1.807, 2.05) is 17.0 Å². The van der Waals surface area contributed by atoms with Crippen molar-refractivity contribution in [2.24, 2.45) is 5.41 Å². The molecule has 10 heteroatoms. The molecule has 3 atom stereocenters. The number of piperidine rings is 3. The fraction of sp³-hybridized carbons (Fsp3) is 0.486. The Bertz CT molecular complexity index is 1640. The second kappa shape index (κ2) is 11.4. The van der Waals surface area contributed by atoms with Crippen LogP contribution in [-0.4, -0.2) is 76.1 Å². The molecule has 2 bridgehead atoms. The molecule has 1 aliphatic carbocycles. The second-order valence-corrected chi connectivity index (χ2v) is 14.5. The Balaban J connectivity index is 1.08. The molecule has 8 nitrogen and oxygen atoms in total. The smallest absolute Gasteiger partial charge is 0.257 e. The third kappa shape index (κ3) is 5.48. The van der Waals surface area contributed by atoms with E-state index in [9.17, 15) is 19.2 Å². The van der Waals surface area contributed by atoms with E-state index in [1.165, 1.54) is 33.7 Å². The number of nitrogens with zero attached hydrogens (tertiary/aromatic N) is 3. The Morgan fingerprint density at radius 3 is 2.47 bits per heavy atom. The van der Waals surface area contributed by atoms with Crippen LogP contribution in [0.4, 0.5) is 4.39 Å². The lowest BCUT2D eigenvalue weighted by molar-refractivity contribution is -0.136. The van der Waals surface area contributed by atoms with Gasteiger partial charge in [0.05, 0.1) is 12.1 Å². The predicted octanol–water partition coefficient (Wildman–Crippen LogP) is 5.19. The van der Waals surface area contributed by atoms with Crippen molar-refractivity contribution < 1.29 is 23.6 Å². The van der Waals surface area contributed by atoms with Gasteiger partial charge >= 0.3 is 0 Å². The molecule has 4 fully saturated rings. The molecule has 4 amide bonds. The summed E-state index contributed by atoms with van der Waals surface area (Å²) >= 11 is 6.20. The van der Waals surface area contributed by atoms with E-state index in [4.69, 9.17) is 11.6 Å². The molecule has 0 aromatic heterocycles. The Morgan fingerprint density at radius 1 is 1.00 bits per heavy atom. The van der Waals surface area contributed by atoms with Gasteiger partial charge < -0.3 is 9.80 Å². The van der Waals surface area contributed by atoms with E-state index >= 15 is 4.39 Å². The number of carbonyl (C=O) groups is 4. The Morgan fingerprint density at radius 2 is 1.76 bits per heavy atom. The number of carbonyl (C=O) groups excluding carboxylic acids is 4. The molecule has 5 heterocycles. The molecule has 0 saturated carbocycles. The van der Waals surface area contributed by atoms with E-state index in [1.54, 1.807) is 0 Å². The summed E-state index contributed by atoms with van der Waals surface area (Å²) in [5, 5.41) is 2.99. The number of amides is 4. The SMILES string of the molecule is CC1(C)CCC(CN2CC3CCC2CN3C(=O)c2ccc3c(c2F)CN(C2CCC(=O)NC2=O)C3=O)=C(c2ccc(Cl)cc2)C1. The van der Waals surface area contributed by atoms with E-state index in [0.29, 0.717) is 6.54 Å². The van der Waals surface area contributed by atoms with Crippen molar-refractivity contribution in [2.45, 2.75) is 83.5 Å². The van der Waals surface area contributed by atoms with Gasteiger partial charge in [-0.1, -0.05) is 43.2 Å². The maximum atomic E-state index is 16.0. The number of imide groups is 1. The Labute approximate surface area is 267 Å². The van der Waals surface area contributed by atoms with Gasteiger partial charge in [0.15, 0.2) is 0 Å². The van der Waals surface area contributed by atoms with Gasteiger partial charge in [-0.15, -0.1) is 0 Å². The van der Waals surface area contributed by atoms with Gasteiger partial charge in [-0.3, -0.25) is 29.4 Å². The summed E-state index contributed by atoms with van der Waals surface area (Å²) in [4.78, 5) is 56.6. The molecule has 3 unspecified atom stereocenters. The van der Waals surface area contributed by atoms with Crippen molar-refractivity contribution >= 4 is 40.8 Å². The van der Waals surface area contributed by atoms with Crippen LogP contribution >= 0.6 is 11.6 Å². The molecule has 2 aromatic carbocycles. The maximum absolute atomic E-state index is 16.0. The van der Waals surface area contributed by atoms with Crippen molar-refractivity contribution in [3.8, 4) is 0 Å². The maximum Gasteiger partial charge on any atom is 0.257 e. The van der Waals surface area contributed by atoms with Crippen LogP contribution in [0.1, 0.15) is 90.6 Å². The fourth-order valence-electron chi connectivity index (χ4n) is 7.99. The number of piperazine rings is 1. The molecule has 0 radical (unpaired) electrons. The third-order valence-electron chi connectivity index (χ3n) is 10.6. The summed E-state index contributed by atoms with van der Waals surface area (Å²) < 4.78 is 16.0. The summed E-state index contributed by atoms with van der Waals surface area (Å²) in [6.07, 6.45) is 5.36. The number of hydrogen-bond acceptors (Lipinski definition) is 5. The number of benzene rings is 2. The Hall–Kier alpha value is -3.56. The molecule has 6 aliphatic rings. The fourth-order valence-corrected chi connectivity index (χ4v) is 8.12. The summed E-state index contributed by atoms with van der Waals surface area (Å²) in [7, 11) is 0. The zero-order valence-corrected chi connectivity index (χ0v) is 26.5. The van der Waals surface area contributed by atoms with Crippen molar-refractivity contribution in [3.05, 3.63) is 75.1 Å².